The molecule has 0 spiro atoms. The van der Waals surface area contributed by atoms with Crippen LogP contribution in [0.25, 0.3) is 0 Å². The fraction of sp³-hybridized carbons (Fsp3) is 0.312. The standard InChI is InChI=1S/C16H16N2O4S/c1-10-9-23-14(17-10)16(22)12(13(19)20)8-18(15(16)21)7-11-5-3-2-4-6-11/h2-6,9,12,22H,7-8H2,1H3,(H,19,20)/t12-,16+/m1/s1. The number of carbonyl (C=O) groups is 2. The first kappa shape index (κ1) is 15.6. The van der Waals surface area contributed by atoms with Gasteiger partial charge in [0.1, 0.15) is 10.9 Å². The van der Waals surface area contributed by atoms with Gasteiger partial charge in [-0.25, -0.2) is 4.98 Å². The van der Waals surface area contributed by atoms with Crippen molar-refractivity contribution in [3.05, 3.63) is 52.0 Å². The minimum absolute atomic E-state index is 0.0435. The van der Waals surface area contributed by atoms with Gasteiger partial charge in [0.2, 0.25) is 5.60 Å². The van der Waals surface area contributed by atoms with Crippen LogP contribution in [-0.4, -0.2) is 38.5 Å². The summed E-state index contributed by atoms with van der Waals surface area (Å²) in [6.07, 6.45) is 0. The van der Waals surface area contributed by atoms with E-state index in [0.29, 0.717) is 5.69 Å². The van der Waals surface area contributed by atoms with Gasteiger partial charge in [-0.1, -0.05) is 30.3 Å². The molecule has 1 aliphatic heterocycles. The summed E-state index contributed by atoms with van der Waals surface area (Å²) in [7, 11) is 0. The van der Waals surface area contributed by atoms with E-state index in [1.54, 1.807) is 12.3 Å². The number of carboxylic acids is 1. The molecule has 1 aliphatic rings. The zero-order chi connectivity index (χ0) is 16.6. The zero-order valence-electron chi connectivity index (χ0n) is 12.5. The number of aliphatic hydroxyl groups is 1. The summed E-state index contributed by atoms with van der Waals surface area (Å²) in [4.78, 5) is 29.8. The molecular formula is C16H16N2O4S. The Labute approximate surface area is 137 Å². The van der Waals surface area contributed by atoms with Crippen molar-refractivity contribution >= 4 is 23.2 Å². The van der Waals surface area contributed by atoms with Crippen LogP contribution in [0.5, 0.6) is 0 Å². The molecule has 23 heavy (non-hydrogen) atoms. The minimum atomic E-state index is -2.10. The van der Waals surface area contributed by atoms with E-state index in [9.17, 15) is 19.8 Å². The Morgan fingerprint density at radius 3 is 2.70 bits per heavy atom. The Morgan fingerprint density at radius 1 is 1.43 bits per heavy atom. The van der Waals surface area contributed by atoms with Gasteiger partial charge >= 0.3 is 5.97 Å². The van der Waals surface area contributed by atoms with Gasteiger partial charge in [0.15, 0.2) is 0 Å². The number of carbonyl (C=O) groups excluding carboxylic acids is 1. The Bertz CT molecular complexity index is 746. The number of hydrogen-bond donors (Lipinski definition) is 2. The van der Waals surface area contributed by atoms with Crippen molar-refractivity contribution in [3.8, 4) is 0 Å². The molecule has 1 fully saturated rings. The topological polar surface area (TPSA) is 90.7 Å². The molecule has 0 bridgehead atoms. The Kier molecular flexibility index (Phi) is 3.91. The molecule has 1 aromatic heterocycles. The average Bonchev–Trinajstić information content (AvgIpc) is 3.06. The van der Waals surface area contributed by atoms with Crippen LogP contribution in [0.15, 0.2) is 35.7 Å². The maximum Gasteiger partial charge on any atom is 0.312 e. The molecule has 6 nitrogen and oxygen atoms in total. The third kappa shape index (κ3) is 2.62. The molecule has 120 valence electrons. The van der Waals surface area contributed by atoms with Crippen LogP contribution in [0.4, 0.5) is 0 Å². The summed E-state index contributed by atoms with van der Waals surface area (Å²) in [5.74, 6) is -3.04. The predicted molar refractivity (Wildman–Crippen MR) is 83.7 cm³/mol. The second-order valence-corrected chi connectivity index (χ2v) is 6.48. The lowest BCUT2D eigenvalue weighted by molar-refractivity contribution is -0.157. The van der Waals surface area contributed by atoms with E-state index < -0.39 is 23.4 Å². The summed E-state index contributed by atoms with van der Waals surface area (Å²) in [5, 5.41) is 22.2. The number of hydrogen-bond acceptors (Lipinski definition) is 5. The molecule has 2 heterocycles. The first-order valence-electron chi connectivity index (χ1n) is 7.14. The number of likely N-dealkylation sites (tertiary alicyclic amines) is 1. The Hall–Kier alpha value is -2.25. The summed E-state index contributed by atoms with van der Waals surface area (Å²) in [6.45, 7) is 1.95. The monoisotopic (exact) mass is 332 g/mol. The lowest BCUT2D eigenvalue weighted by Gasteiger charge is -2.22. The van der Waals surface area contributed by atoms with E-state index in [1.807, 2.05) is 30.3 Å². The van der Waals surface area contributed by atoms with Crippen LogP contribution >= 0.6 is 11.3 Å². The number of aryl methyl sites for hydroxylation is 1. The van der Waals surface area contributed by atoms with Crippen molar-refractivity contribution in [2.24, 2.45) is 5.92 Å². The van der Waals surface area contributed by atoms with E-state index >= 15 is 0 Å². The summed E-state index contributed by atoms with van der Waals surface area (Å²) in [5.41, 5.74) is -0.569. The smallest absolute Gasteiger partial charge is 0.312 e. The molecular weight excluding hydrogens is 316 g/mol. The highest BCUT2D eigenvalue weighted by Crippen LogP contribution is 2.40. The number of carboxylic acid groups (broad SMARTS) is 1. The van der Waals surface area contributed by atoms with Crippen LogP contribution in [0.2, 0.25) is 0 Å². The van der Waals surface area contributed by atoms with Crippen LogP contribution in [0.3, 0.4) is 0 Å². The molecule has 7 heteroatoms. The van der Waals surface area contributed by atoms with E-state index in [0.717, 1.165) is 16.9 Å². The number of nitrogens with zero attached hydrogens (tertiary/aromatic N) is 2. The molecule has 3 rings (SSSR count). The van der Waals surface area contributed by atoms with E-state index in [-0.39, 0.29) is 18.1 Å². The molecule has 1 saturated heterocycles. The minimum Gasteiger partial charge on any atom is -0.481 e. The van der Waals surface area contributed by atoms with Crippen LogP contribution in [0.1, 0.15) is 16.3 Å². The Morgan fingerprint density at radius 2 is 2.13 bits per heavy atom. The van der Waals surface area contributed by atoms with Gasteiger partial charge in [0.25, 0.3) is 5.91 Å². The third-order valence-electron chi connectivity index (χ3n) is 3.98. The quantitative estimate of drug-likeness (QED) is 0.883. The summed E-state index contributed by atoms with van der Waals surface area (Å²) < 4.78 is 0. The highest BCUT2D eigenvalue weighted by Gasteiger charge is 2.59. The van der Waals surface area contributed by atoms with Gasteiger partial charge in [-0.2, -0.15) is 0 Å². The molecule has 0 saturated carbocycles. The van der Waals surface area contributed by atoms with Crippen LogP contribution in [0, 0.1) is 12.8 Å². The summed E-state index contributed by atoms with van der Waals surface area (Å²) in [6, 6.07) is 9.27. The van der Waals surface area contributed by atoms with E-state index in [2.05, 4.69) is 4.98 Å². The normalized spacial score (nSPS) is 24.2. The van der Waals surface area contributed by atoms with Crippen LogP contribution in [-0.2, 0) is 21.7 Å². The van der Waals surface area contributed by atoms with E-state index in [4.69, 9.17) is 0 Å². The van der Waals surface area contributed by atoms with Crippen molar-refractivity contribution in [2.75, 3.05) is 6.54 Å². The average molecular weight is 332 g/mol. The largest absolute Gasteiger partial charge is 0.481 e. The van der Waals surface area contributed by atoms with Crippen molar-refractivity contribution in [1.29, 1.82) is 0 Å². The highest BCUT2D eigenvalue weighted by molar-refractivity contribution is 7.10. The van der Waals surface area contributed by atoms with E-state index in [1.165, 1.54) is 4.90 Å². The number of aromatic nitrogens is 1. The van der Waals surface area contributed by atoms with Gasteiger partial charge in [0.05, 0.1) is 0 Å². The number of amides is 1. The maximum absolute atomic E-state index is 12.7. The van der Waals surface area contributed by atoms with Crippen molar-refractivity contribution in [1.82, 2.24) is 9.88 Å². The Balaban J connectivity index is 1.95. The SMILES string of the molecule is Cc1csc([C@]2(O)C(=O)N(Cc3ccccc3)C[C@@H]2C(=O)O)n1. The fourth-order valence-electron chi connectivity index (χ4n) is 2.79. The number of benzene rings is 1. The molecule has 2 aromatic rings. The van der Waals surface area contributed by atoms with Gasteiger partial charge in [0, 0.05) is 24.2 Å². The van der Waals surface area contributed by atoms with Crippen LogP contribution < -0.4 is 0 Å². The summed E-state index contributed by atoms with van der Waals surface area (Å²) >= 11 is 1.11. The van der Waals surface area contributed by atoms with Crippen molar-refractivity contribution < 1.29 is 19.8 Å². The van der Waals surface area contributed by atoms with Gasteiger partial charge in [-0.15, -0.1) is 11.3 Å². The van der Waals surface area contributed by atoms with Crippen molar-refractivity contribution in [3.63, 3.8) is 0 Å². The molecule has 0 radical (unpaired) electrons. The van der Waals surface area contributed by atoms with Gasteiger partial charge < -0.3 is 15.1 Å². The molecule has 0 unspecified atom stereocenters. The van der Waals surface area contributed by atoms with Gasteiger partial charge in [-0.05, 0) is 12.5 Å². The number of aliphatic carboxylic acids is 1. The second kappa shape index (κ2) is 5.75. The molecule has 0 aliphatic carbocycles. The second-order valence-electron chi connectivity index (χ2n) is 5.62. The molecule has 2 atom stereocenters. The maximum atomic E-state index is 12.7. The lowest BCUT2D eigenvalue weighted by atomic mass is 9.91. The lowest BCUT2D eigenvalue weighted by Crippen LogP contribution is -2.43. The molecule has 2 N–H and O–H groups in total. The predicted octanol–water partition coefficient (Wildman–Crippen LogP) is 1.38. The fourth-order valence-corrected chi connectivity index (χ4v) is 3.73. The molecule has 1 aromatic carbocycles. The molecule has 1 amide bonds. The third-order valence-corrected chi connectivity index (χ3v) is 5.06. The van der Waals surface area contributed by atoms with Crippen molar-refractivity contribution in [2.45, 2.75) is 19.1 Å². The van der Waals surface area contributed by atoms with Gasteiger partial charge in [-0.3, -0.25) is 9.59 Å². The first-order chi connectivity index (χ1) is 10.9. The number of thiazole rings is 1. The first-order valence-corrected chi connectivity index (χ1v) is 8.02. The number of rotatable bonds is 4. The highest BCUT2D eigenvalue weighted by atomic mass is 32.1. The zero-order valence-corrected chi connectivity index (χ0v) is 13.3.